The molecule has 0 aromatic heterocycles. The van der Waals surface area contributed by atoms with Crippen LogP contribution in [0.5, 0.6) is 0 Å². The predicted molar refractivity (Wildman–Crippen MR) is 104 cm³/mol. The van der Waals surface area contributed by atoms with E-state index in [0.717, 1.165) is 4.90 Å². The smallest absolute Gasteiger partial charge is 0.261 e. The molecule has 0 radical (unpaired) electrons. The first-order valence-electron chi connectivity index (χ1n) is 8.98. The molecule has 2 aromatic carbocycles. The van der Waals surface area contributed by atoms with E-state index in [1.54, 1.807) is 54.6 Å². The van der Waals surface area contributed by atoms with Crippen molar-refractivity contribution in [1.82, 2.24) is 10.2 Å². The Bertz CT molecular complexity index is 990. The number of nitriles is 1. The molecule has 0 saturated heterocycles. The lowest BCUT2D eigenvalue weighted by Crippen LogP contribution is -2.33. The van der Waals surface area contributed by atoms with Crippen molar-refractivity contribution < 1.29 is 19.2 Å². The van der Waals surface area contributed by atoms with Crippen LogP contribution in [0.3, 0.4) is 0 Å². The summed E-state index contributed by atoms with van der Waals surface area (Å²) in [5.74, 6) is -1.57. The molecule has 0 saturated carbocycles. The quantitative estimate of drug-likeness (QED) is 0.699. The lowest BCUT2D eigenvalue weighted by Gasteiger charge is -2.15. The number of imide groups is 1. The van der Waals surface area contributed by atoms with Crippen molar-refractivity contribution in [3.63, 3.8) is 0 Å². The van der Waals surface area contributed by atoms with Crippen molar-refractivity contribution in [3.8, 4) is 6.07 Å². The second kappa shape index (κ2) is 8.80. The van der Waals surface area contributed by atoms with Crippen LogP contribution in [-0.2, 0) is 16.1 Å². The first-order valence-corrected chi connectivity index (χ1v) is 8.98. The van der Waals surface area contributed by atoms with Gasteiger partial charge in [-0.05, 0) is 23.8 Å². The van der Waals surface area contributed by atoms with E-state index in [9.17, 15) is 19.2 Å². The van der Waals surface area contributed by atoms with E-state index in [4.69, 9.17) is 5.26 Å². The van der Waals surface area contributed by atoms with Crippen LogP contribution in [0, 0.1) is 11.3 Å². The van der Waals surface area contributed by atoms with Crippen LogP contribution in [0.4, 0.5) is 5.69 Å². The van der Waals surface area contributed by atoms with Gasteiger partial charge in [-0.15, -0.1) is 0 Å². The summed E-state index contributed by atoms with van der Waals surface area (Å²) in [6.45, 7) is 0.134. The van der Waals surface area contributed by atoms with E-state index in [-0.39, 0.29) is 31.8 Å². The maximum Gasteiger partial charge on any atom is 0.261 e. The molecule has 0 unspecified atom stereocenters. The lowest BCUT2D eigenvalue weighted by atomic mass is 10.1. The zero-order valence-electron chi connectivity index (χ0n) is 15.5. The number of anilines is 1. The highest BCUT2D eigenvalue weighted by molar-refractivity contribution is 6.21. The molecule has 8 heteroatoms. The molecule has 1 aliphatic heterocycles. The number of hydrogen-bond acceptors (Lipinski definition) is 5. The van der Waals surface area contributed by atoms with Gasteiger partial charge in [0.15, 0.2) is 0 Å². The number of para-hydroxylation sites is 1. The van der Waals surface area contributed by atoms with Gasteiger partial charge >= 0.3 is 0 Å². The Morgan fingerprint density at radius 1 is 0.931 bits per heavy atom. The molecule has 1 heterocycles. The number of fused-ring (bicyclic) bond motifs is 1. The van der Waals surface area contributed by atoms with E-state index < -0.39 is 17.7 Å². The average Bonchev–Trinajstić information content (AvgIpc) is 2.96. The van der Waals surface area contributed by atoms with Crippen LogP contribution in [0.25, 0.3) is 0 Å². The first-order chi connectivity index (χ1) is 14.0. The van der Waals surface area contributed by atoms with Crippen LogP contribution in [0.15, 0.2) is 48.5 Å². The monoisotopic (exact) mass is 390 g/mol. The Kier molecular flexibility index (Phi) is 6.00. The largest absolute Gasteiger partial charge is 0.351 e. The summed E-state index contributed by atoms with van der Waals surface area (Å²) >= 11 is 0. The van der Waals surface area contributed by atoms with Gasteiger partial charge in [-0.25, -0.2) is 0 Å². The van der Waals surface area contributed by atoms with Crippen molar-refractivity contribution in [2.75, 3.05) is 11.9 Å². The number of amides is 4. The minimum absolute atomic E-state index is 0.0285. The molecular weight excluding hydrogens is 372 g/mol. The first kappa shape index (κ1) is 19.8. The fraction of sp³-hybridized carbons (Fsp3) is 0.190. The number of nitrogens with zero attached hydrogens (tertiary/aromatic N) is 2. The van der Waals surface area contributed by atoms with Gasteiger partial charge in [0.05, 0.1) is 17.2 Å². The van der Waals surface area contributed by atoms with Crippen LogP contribution in [-0.4, -0.2) is 35.1 Å². The Morgan fingerprint density at radius 3 is 2.21 bits per heavy atom. The molecule has 146 valence electrons. The number of carbonyl (C=O) groups excluding carboxylic acids is 4. The zero-order chi connectivity index (χ0) is 20.8. The van der Waals surface area contributed by atoms with Gasteiger partial charge in [0.25, 0.3) is 11.8 Å². The van der Waals surface area contributed by atoms with E-state index in [1.165, 1.54) is 0 Å². The molecule has 4 amide bonds. The molecule has 0 spiro atoms. The molecule has 1 aliphatic rings. The second-order valence-electron chi connectivity index (χ2n) is 6.37. The molecule has 29 heavy (non-hydrogen) atoms. The van der Waals surface area contributed by atoms with E-state index in [2.05, 4.69) is 10.6 Å². The maximum atomic E-state index is 12.4. The van der Waals surface area contributed by atoms with E-state index in [1.807, 2.05) is 0 Å². The van der Waals surface area contributed by atoms with Gasteiger partial charge in [0, 0.05) is 25.2 Å². The van der Waals surface area contributed by atoms with E-state index in [0.29, 0.717) is 22.4 Å². The van der Waals surface area contributed by atoms with Gasteiger partial charge in [-0.2, -0.15) is 5.26 Å². The highest BCUT2D eigenvalue weighted by Crippen LogP contribution is 2.22. The topological polar surface area (TPSA) is 119 Å². The molecule has 2 aromatic rings. The van der Waals surface area contributed by atoms with Gasteiger partial charge in [0.1, 0.15) is 6.42 Å². The molecule has 2 N–H and O–H groups in total. The Morgan fingerprint density at radius 2 is 1.55 bits per heavy atom. The third kappa shape index (κ3) is 4.47. The van der Waals surface area contributed by atoms with Crippen molar-refractivity contribution in [2.24, 2.45) is 0 Å². The summed E-state index contributed by atoms with van der Waals surface area (Å²) in [6.07, 6.45) is -0.296. The van der Waals surface area contributed by atoms with Crippen LogP contribution >= 0.6 is 0 Å². The summed E-state index contributed by atoms with van der Waals surface area (Å²) in [5, 5.41) is 13.9. The van der Waals surface area contributed by atoms with Crippen molar-refractivity contribution in [3.05, 3.63) is 65.2 Å². The third-order valence-electron chi connectivity index (χ3n) is 4.45. The Labute approximate surface area is 167 Å². The van der Waals surface area contributed by atoms with Gasteiger partial charge < -0.3 is 10.6 Å². The van der Waals surface area contributed by atoms with Crippen LogP contribution in [0.1, 0.15) is 39.1 Å². The predicted octanol–water partition coefficient (Wildman–Crippen LogP) is 1.84. The molecule has 8 nitrogen and oxygen atoms in total. The second-order valence-corrected chi connectivity index (χ2v) is 6.37. The summed E-state index contributed by atoms with van der Waals surface area (Å²) in [7, 11) is 0. The molecule has 0 atom stereocenters. The van der Waals surface area contributed by atoms with Crippen molar-refractivity contribution in [2.45, 2.75) is 19.4 Å². The van der Waals surface area contributed by atoms with Gasteiger partial charge in [-0.1, -0.05) is 30.3 Å². The third-order valence-corrected chi connectivity index (χ3v) is 4.45. The highest BCUT2D eigenvalue weighted by Gasteiger charge is 2.34. The van der Waals surface area contributed by atoms with Crippen molar-refractivity contribution >= 4 is 29.3 Å². The fourth-order valence-electron chi connectivity index (χ4n) is 2.99. The standard InChI is InChI=1S/C21H18N4O4/c22-11-9-18(26)23-13-14-5-1-4-8-17(14)24-19(27)10-12-25-20(28)15-6-2-3-7-16(15)21(25)29/h1-8H,9-10,12-13H2,(H,23,26)(H,24,27). The summed E-state index contributed by atoms with van der Waals surface area (Å²) in [6, 6.07) is 15.2. The average molecular weight is 390 g/mol. The van der Waals surface area contributed by atoms with Crippen LogP contribution in [0.2, 0.25) is 0 Å². The lowest BCUT2D eigenvalue weighted by molar-refractivity contribution is -0.120. The number of rotatable bonds is 7. The van der Waals surface area contributed by atoms with E-state index >= 15 is 0 Å². The summed E-state index contributed by atoms with van der Waals surface area (Å²) < 4.78 is 0. The Hall–Kier alpha value is -3.99. The normalized spacial score (nSPS) is 12.3. The molecule has 0 aliphatic carbocycles. The van der Waals surface area contributed by atoms with Crippen LogP contribution < -0.4 is 10.6 Å². The Balaban J connectivity index is 1.58. The zero-order valence-corrected chi connectivity index (χ0v) is 15.5. The SMILES string of the molecule is N#CCC(=O)NCc1ccccc1NC(=O)CCN1C(=O)c2ccccc2C1=O. The van der Waals surface area contributed by atoms with Crippen molar-refractivity contribution in [1.29, 1.82) is 5.26 Å². The fourth-order valence-corrected chi connectivity index (χ4v) is 2.99. The van der Waals surface area contributed by atoms with Gasteiger partial charge in [-0.3, -0.25) is 24.1 Å². The summed E-state index contributed by atoms with van der Waals surface area (Å²) in [4.78, 5) is 49.6. The summed E-state index contributed by atoms with van der Waals surface area (Å²) in [5.41, 5.74) is 1.87. The molecular formula is C21H18N4O4. The minimum atomic E-state index is -0.404. The number of carbonyl (C=O) groups is 4. The maximum absolute atomic E-state index is 12.4. The van der Waals surface area contributed by atoms with Gasteiger partial charge in [0.2, 0.25) is 11.8 Å². The molecule has 0 fully saturated rings. The highest BCUT2D eigenvalue weighted by atomic mass is 16.2. The molecule has 0 bridgehead atoms. The minimum Gasteiger partial charge on any atom is -0.351 e. The number of hydrogen-bond donors (Lipinski definition) is 2. The number of benzene rings is 2. The molecule has 3 rings (SSSR count). The number of nitrogens with one attached hydrogen (secondary N) is 2.